The molecule has 4 aromatic rings. The molecule has 1 aliphatic heterocycles. The van der Waals surface area contributed by atoms with Gasteiger partial charge in [0.15, 0.2) is 0 Å². The van der Waals surface area contributed by atoms with Gasteiger partial charge in [-0.05, 0) is 56.2 Å². The Morgan fingerprint density at radius 1 is 1.13 bits per heavy atom. The van der Waals surface area contributed by atoms with E-state index in [0.717, 1.165) is 33.7 Å². The van der Waals surface area contributed by atoms with Crippen LogP contribution >= 0.6 is 11.3 Å². The fourth-order valence-corrected chi connectivity index (χ4v) is 5.70. The molecule has 10 heteroatoms. The monoisotopic (exact) mass is 545 g/mol. The molecule has 202 valence electrons. The number of hydroxylamine groups is 1. The van der Waals surface area contributed by atoms with E-state index in [1.54, 1.807) is 47.3 Å². The van der Waals surface area contributed by atoms with Gasteiger partial charge in [0.1, 0.15) is 17.4 Å². The maximum Gasteiger partial charge on any atom is 0.251 e. The Labute approximate surface area is 230 Å². The summed E-state index contributed by atoms with van der Waals surface area (Å²) in [6, 6.07) is 17.0. The Kier molecular flexibility index (Phi) is 8.16. The van der Waals surface area contributed by atoms with Crippen molar-refractivity contribution in [2.45, 2.75) is 44.9 Å². The van der Waals surface area contributed by atoms with E-state index in [9.17, 15) is 9.59 Å². The number of carbonyl (C=O) groups excluding carboxylic acids is 2. The lowest BCUT2D eigenvalue weighted by atomic mass is 9.83. The third-order valence-electron chi connectivity index (χ3n) is 7.10. The van der Waals surface area contributed by atoms with Crippen LogP contribution in [0.25, 0.3) is 10.9 Å². The summed E-state index contributed by atoms with van der Waals surface area (Å²) >= 11 is 1.61. The van der Waals surface area contributed by atoms with Gasteiger partial charge in [0.25, 0.3) is 5.91 Å². The second-order valence-electron chi connectivity index (χ2n) is 9.90. The molecule has 3 N–H and O–H groups in total. The fourth-order valence-electron chi connectivity index (χ4n) is 5.05. The molecule has 2 aromatic carbocycles. The number of rotatable bonds is 9. The van der Waals surface area contributed by atoms with E-state index in [-0.39, 0.29) is 12.3 Å². The zero-order chi connectivity index (χ0) is 27.2. The topological polar surface area (TPSA) is 117 Å². The number of piperidine rings is 1. The lowest BCUT2D eigenvalue weighted by Gasteiger charge is -2.41. The van der Waals surface area contributed by atoms with Gasteiger partial charge >= 0.3 is 0 Å². The van der Waals surface area contributed by atoms with Crippen molar-refractivity contribution in [3.05, 3.63) is 88.0 Å². The summed E-state index contributed by atoms with van der Waals surface area (Å²) in [6.45, 7) is 4.49. The highest BCUT2D eigenvalue weighted by atomic mass is 32.1. The summed E-state index contributed by atoms with van der Waals surface area (Å²) in [4.78, 5) is 36.5. The number of ether oxygens (including phenoxy) is 1. The van der Waals surface area contributed by atoms with Crippen LogP contribution in [0, 0.1) is 6.92 Å². The Morgan fingerprint density at radius 3 is 2.62 bits per heavy atom. The van der Waals surface area contributed by atoms with Crippen molar-refractivity contribution in [2.24, 2.45) is 0 Å². The van der Waals surface area contributed by atoms with Crippen LogP contribution in [0.15, 0.2) is 66.2 Å². The van der Waals surface area contributed by atoms with Crippen LogP contribution in [-0.2, 0) is 17.9 Å². The predicted octanol–water partition coefficient (Wildman–Crippen LogP) is 4.24. The number of benzene rings is 2. The van der Waals surface area contributed by atoms with Crippen molar-refractivity contribution in [1.82, 2.24) is 25.7 Å². The van der Waals surface area contributed by atoms with Gasteiger partial charge in [-0.15, -0.1) is 11.3 Å². The minimum atomic E-state index is -0.751. The first kappa shape index (κ1) is 26.7. The molecule has 9 nitrogen and oxygen atoms in total. The summed E-state index contributed by atoms with van der Waals surface area (Å²) in [7, 11) is 0. The number of fused-ring (bicyclic) bond motifs is 1. The van der Waals surface area contributed by atoms with E-state index in [2.05, 4.69) is 20.2 Å². The van der Waals surface area contributed by atoms with Crippen molar-refractivity contribution in [3.63, 3.8) is 0 Å². The van der Waals surface area contributed by atoms with Crippen molar-refractivity contribution >= 4 is 34.1 Å². The zero-order valence-electron chi connectivity index (χ0n) is 21.7. The highest BCUT2D eigenvalue weighted by Gasteiger charge is 2.38. The van der Waals surface area contributed by atoms with Crippen molar-refractivity contribution in [3.8, 4) is 5.75 Å². The molecule has 0 spiro atoms. The molecule has 1 fully saturated rings. The molecule has 39 heavy (non-hydrogen) atoms. The number of aromatic nitrogens is 2. The highest BCUT2D eigenvalue weighted by molar-refractivity contribution is 7.09. The smallest absolute Gasteiger partial charge is 0.251 e. The highest BCUT2D eigenvalue weighted by Crippen LogP contribution is 2.28. The number of hydrogen-bond acceptors (Lipinski definition) is 8. The van der Waals surface area contributed by atoms with Crippen LogP contribution in [0.4, 0.5) is 0 Å². The molecule has 0 bridgehead atoms. The third-order valence-corrected chi connectivity index (χ3v) is 7.86. The molecule has 1 aliphatic rings. The number of thiazole rings is 1. The van der Waals surface area contributed by atoms with Gasteiger partial charge in [0, 0.05) is 46.9 Å². The molecular weight excluding hydrogens is 514 g/mol. The molecule has 0 radical (unpaired) electrons. The minimum absolute atomic E-state index is 0.000826. The van der Waals surface area contributed by atoms with Crippen molar-refractivity contribution in [2.75, 3.05) is 13.1 Å². The number of nitrogens with one attached hydrogen (secondary N) is 2. The number of aryl methyl sites for hydroxylation is 1. The van der Waals surface area contributed by atoms with Gasteiger partial charge < -0.3 is 10.1 Å². The number of likely N-dealkylation sites (tertiary alicyclic amines) is 1. The van der Waals surface area contributed by atoms with Crippen LogP contribution in [0.3, 0.4) is 0 Å². The first-order valence-corrected chi connectivity index (χ1v) is 13.8. The lowest BCUT2D eigenvalue weighted by molar-refractivity contribution is -0.131. The predicted molar refractivity (Wildman–Crippen MR) is 149 cm³/mol. The second-order valence-corrected chi connectivity index (χ2v) is 10.9. The molecule has 0 saturated carbocycles. The van der Waals surface area contributed by atoms with Gasteiger partial charge in [-0.1, -0.05) is 18.2 Å². The fraction of sp³-hybridized carbons (Fsp3) is 0.310. The molecule has 0 atom stereocenters. The number of nitrogens with zero attached hydrogens (tertiary/aromatic N) is 3. The van der Waals surface area contributed by atoms with Gasteiger partial charge in [-0.25, -0.2) is 10.5 Å². The number of pyridine rings is 1. The summed E-state index contributed by atoms with van der Waals surface area (Å²) < 4.78 is 6.03. The van der Waals surface area contributed by atoms with E-state index in [1.807, 2.05) is 42.6 Å². The normalized spacial score (nSPS) is 15.1. The van der Waals surface area contributed by atoms with Gasteiger partial charge in [-0.2, -0.15) is 0 Å². The average Bonchev–Trinajstić information content (AvgIpc) is 3.46. The number of carbonyl (C=O) groups is 2. The Hall–Kier alpha value is -3.86. The van der Waals surface area contributed by atoms with Gasteiger partial charge in [-0.3, -0.25) is 24.7 Å². The SMILES string of the molecule is Cc1cc(COc2ccc(C(=O)NC3(CC(=O)NO)CCN(Cc4nccs4)CC3)cc2)c2ccccc2n1. The lowest BCUT2D eigenvalue weighted by Crippen LogP contribution is -2.57. The molecule has 2 aromatic heterocycles. The van der Waals surface area contributed by atoms with E-state index in [4.69, 9.17) is 9.94 Å². The van der Waals surface area contributed by atoms with Crippen LogP contribution < -0.4 is 15.5 Å². The molecule has 0 unspecified atom stereocenters. The average molecular weight is 546 g/mol. The quantitative estimate of drug-likeness (QED) is 0.213. The molecule has 3 heterocycles. The maximum absolute atomic E-state index is 13.2. The van der Waals surface area contributed by atoms with E-state index < -0.39 is 11.4 Å². The van der Waals surface area contributed by atoms with Gasteiger partial charge in [0.2, 0.25) is 5.91 Å². The minimum Gasteiger partial charge on any atom is -0.489 e. The summed E-state index contributed by atoms with van der Waals surface area (Å²) in [5.74, 6) is -0.141. The Bertz CT molecular complexity index is 1430. The van der Waals surface area contributed by atoms with Crippen molar-refractivity contribution in [1.29, 1.82) is 0 Å². The maximum atomic E-state index is 13.2. The molecule has 5 rings (SSSR count). The number of hydrogen-bond donors (Lipinski definition) is 3. The van der Waals surface area contributed by atoms with E-state index >= 15 is 0 Å². The standard InChI is InChI=1S/C29H31N5O4S/c1-20-16-22(24-4-2-3-5-25(24)31-20)19-38-23-8-6-21(7-9-23)28(36)32-29(17-26(35)33-37)10-13-34(14-11-29)18-27-30-12-15-39-27/h2-9,12,15-16,37H,10-11,13-14,17-19H2,1H3,(H,32,36)(H,33,35). The molecular formula is C29H31N5O4S. The van der Waals surface area contributed by atoms with Crippen LogP contribution in [0.1, 0.15) is 45.9 Å². The number of para-hydroxylation sites is 1. The summed E-state index contributed by atoms with van der Waals surface area (Å²) in [5, 5.41) is 16.3. The van der Waals surface area contributed by atoms with Crippen LogP contribution in [0.5, 0.6) is 5.75 Å². The number of amides is 2. The van der Waals surface area contributed by atoms with Crippen LogP contribution in [0.2, 0.25) is 0 Å². The van der Waals surface area contributed by atoms with E-state index in [0.29, 0.717) is 43.9 Å². The summed E-state index contributed by atoms with van der Waals surface area (Å²) in [6.07, 6.45) is 2.95. The second kappa shape index (κ2) is 11.9. The first-order chi connectivity index (χ1) is 18.9. The van der Waals surface area contributed by atoms with Gasteiger partial charge in [0.05, 0.1) is 24.0 Å². The molecule has 0 aliphatic carbocycles. The van der Waals surface area contributed by atoms with E-state index in [1.165, 1.54) is 0 Å². The Morgan fingerprint density at radius 2 is 1.90 bits per heavy atom. The van der Waals surface area contributed by atoms with Crippen molar-refractivity contribution < 1.29 is 19.5 Å². The molecule has 1 saturated heterocycles. The largest absolute Gasteiger partial charge is 0.489 e. The third kappa shape index (κ3) is 6.59. The Balaban J connectivity index is 1.22. The summed E-state index contributed by atoms with van der Waals surface area (Å²) in [5.41, 5.74) is 4.34. The first-order valence-electron chi connectivity index (χ1n) is 12.9. The van der Waals surface area contributed by atoms with Crippen LogP contribution in [-0.4, -0.2) is 50.5 Å². The zero-order valence-corrected chi connectivity index (χ0v) is 22.5. The molecule has 2 amide bonds.